The highest BCUT2D eigenvalue weighted by molar-refractivity contribution is 5.89. The predicted octanol–water partition coefficient (Wildman–Crippen LogP) is 2.00. The largest absolute Gasteiger partial charge is 0.323 e. The highest BCUT2D eigenvalue weighted by Crippen LogP contribution is 2.21. The molecule has 0 aliphatic carbocycles. The average Bonchev–Trinajstić information content (AvgIpc) is 3.18. The second-order valence-corrected chi connectivity index (χ2v) is 6.00. The van der Waals surface area contributed by atoms with Crippen LogP contribution in [0.5, 0.6) is 0 Å². The van der Waals surface area contributed by atoms with E-state index in [1.165, 1.54) is 32.4 Å². The maximum absolute atomic E-state index is 12.4. The molecule has 1 aromatic heterocycles. The van der Waals surface area contributed by atoms with Gasteiger partial charge in [0.05, 0.1) is 11.9 Å². The minimum absolute atomic E-state index is 0.00884. The van der Waals surface area contributed by atoms with Crippen molar-refractivity contribution in [3.05, 3.63) is 12.4 Å². The summed E-state index contributed by atoms with van der Waals surface area (Å²) in [5, 5.41) is 7.15. The van der Waals surface area contributed by atoms with Gasteiger partial charge in [-0.25, -0.2) is 4.79 Å². The van der Waals surface area contributed by atoms with E-state index in [-0.39, 0.29) is 6.03 Å². The molecule has 21 heavy (non-hydrogen) atoms. The second-order valence-electron chi connectivity index (χ2n) is 6.00. The summed E-state index contributed by atoms with van der Waals surface area (Å²) in [7, 11) is 0. The summed E-state index contributed by atoms with van der Waals surface area (Å²) in [5.74, 6) is 0. The number of likely N-dealkylation sites (tertiary alicyclic amines) is 2. The Kier molecular flexibility index (Phi) is 4.43. The van der Waals surface area contributed by atoms with Gasteiger partial charge in [0, 0.05) is 31.9 Å². The van der Waals surface area contributed by atoms with E-state index >= 15 is 0 Å². The minimum atomic E-state index is 0.00884. The number of urea groups is 1. The summed E-state index contributed by atoms with van der Waals surface area (Å²) in [6, 6.07) is 0.555. The molecule has 1 N–H and O–H groups in total. The lowest BCUT2D eigenvalue weighted by molar-refractivity contribution is 0.132. The number of piperidine rings is 1. The monoisotopic (exact) mass is 291 g/mol. The first-order chi connectivity index (χ1) is 10.3. The number of aryl methyl sites for hydroxylation is 1. The molecule has 2 aliphatic heterocycles. The second kappa shape index (κ2) is 6.47. The van der Waals surface area contributed by atoms with E-state index < -0.39 is 0 Å². The number of nitrogens with zero attached hydrogens (tertiary/aromatic N) is 4. The zero-order valence-corrected chi connectivity index (χ0v) is 12.8. The molecular formula is C15H25N5O. The number of aromatic nitrogens is 2. The zero-order valence-electron chi connectivity index (χ0n) is 12.8. The van der Waals surface area contributed by atoms with Crippen molar-refractivity contribution >= 4 is 11.7 Å². The lowest BCUT2D eigenvalue weighted by Gasteiger charge is -2.37. The van der Waals surface area contributed by atoms with Crippen LogP contribution in [0, 0.1) is 0 Å². The molecule has 6 nitrogen and oxygen atoms in total. The highest BCUT2D eigenvalue weighted by Gasteiger charge is 2.29. The smallest absolute Gasteiger partial charge is 0.321 e. The average molecular weight is 291 g/mol. The van der Waals surface area contributed by atoms with E-state index in [9.17, 15) is 4.79 Å². The van der Waals surface area contributed by atoms with E-state index in [2.05, 4.69) is 15.3 Å². The van der Waals surface area contributed by atoms with Gasteiger partial charge >= 0.3 is 6.03 Å². The molecule has 0 aromatic carbocycles. The number of carbonyl (C=O) groups is 1. The number of hydrogen-bond acceptors (Lipinski definition) is 3. The Hall–Kier alpha value is -1.56. The van der Waals surface area contributed by atoms with Crippen LogP contribution in [0.15, 0.2) is 12.4 Å². The molecule has 1 aromatic rings. The lowest BCUT2D eigenvalue weighted by atomic mass is 10.0. The van der Waals surface area contributed by atoms with Gasteiger partial charge in [-0.1, -0.05) is 0 Å². The van der Waals surface area contributed by atoms with Crippen LogP contribution in [-0.2, 0) is 6.54 Å². The Morgan fingerprint density at radius 2 is 2.14 bits per heavy atom. The van der Waals surface area contributed by atoms with Gasteiger partial charge in [-0.05, 0) is 45.7 Å². The number of anilines is 1. The molecule has 0 spiro atoms. The Morgan fingerprint density at radius 3 is 2.86 bits per heavy atom. The van der Waals surface area contributed by atoms with Crippen molar-refractivity contribution < 1.29 is 4.79 Å². The first-order valence-corrected chi connectivity index (χ1v) is 8.08. The SMILES string of the molecule is CCn1cc(NC(=O)N2CCCC(N3CCCC3)C2)cn1. The van der Waals surface area contributed by atoms with Crippen molar-refractivity contribution in [3.63, 3.8) is 0 Å². The fourth-order valence-electron chi connectivity index (χ4n) is 3.35. The molecule has 0 radical (unpaired) electrons. The van der Waals surface area contributed by atoms with Crippen molar-refractivity contribution in [2.24, 2.45) is 0 Å². The predicted molar refractivity (Wildman–Crippen MR) is 82.3 cm³/mol. The van der Waals surface area contributed by atoms with Gasteiger partial charge in [0.2, 0.25) is 0 Å². The van der Waals surface area contributed by atoms with E-state index in [1.54, 1.807) is 6.20 Å². The molecule has 2 aliphatic rings. The number of nitrogens with one attached hydrogen (secondary N) is 1. The van der Waals surface area contributed by atoms with Crippen molar-refractivity contribution in [2.45, 2.75) is 45.2 Å². The topological polar surface area (TPSA) is 53.4 Å². The van der Waals surface area contributed by atoms with E-state index in [0.29, 0.717) is 6.04 Å². The van der Waals surface area contributed by atoms with Crippen molar-refractivity contribution in [1.29, 1.82) is 0 Å². The van der Waals surface area contributed by atoms with Crippen molar-refractivity contribution in [2.75, 3.05) is 31.5 Å². The Labute approximate surface area is 126 Å². The number of amides is 2. The number of carbonyl (C=O) groups excluding carboxylic acids is 1. The van der Waals surface area contributed by atoms with Crippen LogP contribution in [0.2, 0.25) is 0 Å². The van der Waals surface area contributed by atoms with Crippen LogP contribution in [0.1, 0.15) is 32.6 Å². The summed E-state index contributed by atoms with van der Waals surface area (Å²) in [4.78, 5) is 16.9. The third-order valence-corrected chi connectivity index (χ3v) is 4.55. The first kappa shape index (κ1) is 14.4. The maximum Gasteiger partial charge on any atom is 0.321 e. The normalized spacial score (nSPS) is 23.5. The zero-order chi connectivity index (χ0) is 14.7. The molecule has 116 valence electrons. The van der Waals surface area contributed by atoms with Gasteiger partial charge in [0.15, 0.2) is 0 Å². The van der Waals surface area contributed by atoms with Crippen LogP contribution < -0.4 is 5.32 Å². The van der Waals surface area contributed by atoms with Gasteiger partial charge in [-0.3, -0.25) is 9.58 Å². The van der Waals surface area contributed by atoms with E-state index in [0.717, 1.165) is 31.7 Å². The Morgan fingerprint density at radius 1 is 1.33 bits per heavy atom. The quantitative estimate of drug-likeness (QED) is 0.926. The van der Waals surface area contributed by atoms with E-state index in [4.69, 9.17) is 0 Å². The molecule has 6 heteroatoms. The summed E-state index contributed by atoms with van der Waals surface area (Å²) in [5.41, 5.74) is 0.783. The molecule has 3 heterocycles. The van der Waals surface area contributed by atoms with Crippen LogP contribution in [0.4, 0.5) is 10.5 Å². The van der Waals surface area contributed by atoms with Crippen LogP contribution in [0.3, 0.4) is 0 Å². The number of rotatable bonds is 3. The summed E-state index contributed by atoms with van der Waals surface area (Å²) in [6.07, 6.45) is 8.52. The molecule has 1 atom stereocenters. The summed E-state index contributed by atoms with van der Waals surface area (Å²) < 4.78 is 1.82. The van der Waals surface area contributed by atoms with Crippen LogP contribution in [-0.4, -0.2) is 57.8 Å². The Balaban J connectivity index is 1.56. The Bertz CT molecular complexity index is 480. The summed E-state index contributed by atoms with van der Waals surface area (Å²) in [6.45, 7) is 6.96. The summed E-state index contributed by atoms with van der Waals surface area (Å²) >= 11 is 0. The molecule has 1 unspecified atom stereocenters. The molecule has 2 amide bonds. The molecule has 3 rings (SSSR count). The van der Waals surface area contributed by atoms with Gasteiger partial charge in [0.1, 0.15) is 0 Å². The highest BCUT2D eigenvalue weighted by atomic mass is 16.2. The van der Waals surface area contributed by atoms with Gasteiger partial charge in [-0.15, -0.1) is 0 Å². The van der Waals surface area contributed by atoms with Crippen molar-refractivity contribution in [3.8, 4) is 0 Å². The molecule has 0 bridgehead atoms. The van der Waals surface area contributed by atoms with Gasteiger partial charge in [0.25, 0.3) is 0 Å². The fraction of sp³-hybridized carbons (Fsp3) is 0.733. The molecule has 2 saturated heterocycles. The van der Waals surface area contributed by atoms with E-state index in [1.807, 2.05) is 22.7 Å². The van der Waals surface area contributed by atoms with Crippen LogP contribution in [0.25, 0.3) is 0 Å². The van der Waals surface area contributed by atoms with Gasteiger partial charge < -0.3 is 10.2 Å². The van der Waals surface area contributed by atoms with Crippen LogP contribution >= 0.6 is 0 Å². The number of hydrogen-bond donors (Lipinski definition) is 1. The third kappa shape index (κ3) is 3.37. The molecular weight excluding hydrogens is 266 g/mol. The first-order valence-electron chi connectivity index (χ1n) is 8.08. The molecule has 2 fully saturated rings. The maximum atomic E-state index is 12.4. The third-order valence-electron chi connectivity index (χ3n) is 4.55. The fourth-order valence-corrected chi connectivity index (χ4v) is 3.35. The lowest BCUT2D eigenvalue weighted by Crippen LogP contribution is -2.50. The minimum Gasteiger partial charge on any atom is -0.323 e. The molecule has 0 saturated carbocycles. The standard InChI is InChI=1S/C15H25N5O/c1-2-20-11-13(10-16-20)17-15(21)19-9-5-6-14(12-19)18-7-3-4-8-18/h10-11,14H,2-9,12H2,1H3,(H,17,21). The van der Waals surface area contributed by atoms with Gasteiger partial charge in [-0.2, -0.15) is 5.10 Å². The van der Waals surface area contributed by atoms with Crippen molar-refractivity contribution in [1.82, 2.24) is 19.6 Å².